The Hall–Kier alpha value is 2.02. The molecule has 0 aromatic heterocycles. The van der Waals surface area contributed by atoms with Crippen molar-refractivity contribution in [3.8, 4) is 0 Å². The molecule has 0 aliphatic carbocycles. The SMILES string of the molecule is Clc1ccc(Cl)c(Cl)c1Cl.[KH]. The average Bonchev–Trinajstić information content (AvgIpc) is 1.93. The Bertz CT molecular complexity index is 234. The summed E-state index contributed by atoms with van der Waals surface area (Å²) >= 11 is 22.5. The molecule has 0 aliphatic heterocycles. The van der Waals surface area contributed by atoms with Crippen molar-refractivity contribution >= 4 is 97.8 Å². The van der Waals surface area contributed by atoms with Crippen LogP contribution in [0, 0.1) is 0 Å². The molecule has 0 unspecified atom stereocenters. The first kappa shape index (κ1) is 13.0. The van der Waals surface area contributed by atoms with Crippen LogP contribution in [0.3, 0.4) is 0 Å². The van der Waals surface area contributed by atoms with Crippen LogP contribution in [-0.2, 0) is 0 Å². The van der Waals surface area contributed by atoms with E-state index in [1.807, 2.05) is 0 Å². The van der Waals surface area contributed by atoms with Crippen molar-refractivity contribution in [1.29, 1.82) is 0 Å². The Labute approximate surface area is 128 Å². The van der Waals surface area contributed by atoms with Crippen LogP contribution in [0.1, 0.15) is 0 Å². The number of halogens is 4. The molecule has 0 heterocycles. The average molecular weight is 256 g/mol. The zero-order valence-electron chi connectivity index (χ0n) is 4.67. The van der Waals surface area contributed by atoms with Crippen LogP contribution in [0.15, 0.2) is 12.1 Å². The van der Waals surface area contributed by atoms with Crippen LogP contribution in [0.25, 0.3) is 0 Å². The van der Waals surface area contributed by atoms with Gasteiger partial charge in [0.25, 0.3) is 0 Å². The van der Waals surface area contributed by atoms with Gasteiger partial charge in [0.1, 0.15) is 0 Å². The van der Waals surface area contributed by atoms with E-state index in [0.29, 0.717) is 20.1 Å². The molecule has 0 fully saturated rings. The van der Waals surface area contributed by atoms with Gasteiger partial charge in [-0.1, -0.05) is 46.4 Å². The third-order valence-electron chi connectivity index (χ3n) is 0.988. The second-order valence-electron chi connectivity index (χ2n) is 1.66. The van der Waals surface area contributed by atoms with Crippen molar-refractivity contribution in [2.24, 2.45) is 0 Å². The first-order valence-corrected chi connectivity index (χ1v) is 3.93. The molecule has 0 amide bonds. The third-order valence-corrected chi connectivity index (χ3v) is 2.69. The predicted molar refractivity (Wildman–Crippen MR) is 53.6 cm³/mol. The number of hydrogen-bond donors (Lipinski definition) is 0. The quantitative estimate of drug-likeness (QED) is 0.377. The van der Waals surface area contributed by atoms with E-state index in [1.54, 1.807) is 12.1 Å². The fourth-order valence-corrected chi connectivity index (χ4v) is 1.24. The topological polar surface area (TPSA) is 0 Å². The zero-order chi connectivity index (χ0) is 7.72. The van der Waals surface area contributed by atoms with Gasteiger partial charge in [-0.05, 0) is 12.1 Å². The summed E-state index contributed by atoms with van der Waals surface area (Å²) in [6.45, 7) is 0. The Morgan fingerprint density at radius 2 is 1.00 bits per heavy atom. The zero-order valence-corrected chi connectivity index (χ0v) is 7.69. The molecule has 0 atom stereocenters. The van der Waals surface area contributed by atoms with E-state index in [2.05, 4.69) is 0 Å². The van der Waals surface area contributed by atoms with E-state index in [4.69, 9.17) is 46.4 Å². The van der Waals surface area contributed by atoms with Crippen LogP contribution in [-0.4, -0.2) is 51.4 Å². The normalized spacial score (nSPS) is 9.09. The van der Waals surface area contributed by atoms with Gasteiger partial charge in [-0.3, -0.25) is 0 Å². The predicted octanol–water partition coefficient (Wildman–Crippen LogP) is 3.65. The fraction of sp³-hybridized carbons (Fsp3) is 0. The number of rotatable bonds is 0. The van der Waals surface area contributed by atoms with Crippen molar-refractivity contribution in [2.45, 2.75) is 0 Å². The fourth-order valence-electron chi connectivity index (χ4n) is 0.502. The first-order valence-electron chi connectivity index (χ1n) is 2.42. The summed E-state index contributed by atoms with van der Waals surface area (Å²) < 4.78 is 0. The van der Waals surface area contributed by atoms with Crippen LogP contribution in [0.2, 0.25) is 20.1 Å². The van der Waals surface area contributed by atoms with Gasteiger partial charge in [0.15, 0.2) is 0 Å². The van der Waals surface area contributed by atoms with E-state index in [0.717, 1.165) is 0 Å². The van der Waals surface area contributed by atoms with Gasteiger partial charge in [0, 0.05) is 0 Å². The molecule has 1 aromatic carbocycles. The molecule has 56 valence electrons. The molecule has 0 saturated heterocycles. The molecule has 0 saturated carbocycles. The maximum absolute atomic E-state index is 5.63. The van der Waals surface area contributed by atoms with Crippen LogP contribution >= 0.6 is 46.4 Å². The molecule has 1 rings (SSSR count). The van der Waals surface area contributed by atoms with E-state index in [1.165, 1.54) is 0 Å². The van der Waals surface area contributed by atoms with Gasteiger partial charge in [-0.25, -0.2) is 0 Å². The van der Waals surface area contributed by atoms with Crippen molar-refractivity contribution in [1.82, 2.24) is 0 Å². The van der Waals surface area contributed by atoms with Gasteiger partial charge < -0.3 is 0 Å². The van der Waals surface area contributed by atoms with Crippen molar-refractivity contribution in [3.05, 3.63) is 32.2 Å². The summed E-state index contributed by atoms with van der Waals surface area (Å²) in [5, 5.41) is 1.43. The van der Waals surface area contributed by atoms with Crippen molar-refractivity contribution < 1.29 is 0 Å². The number of hydrogen-bond acceptors (Lipinski definition) is 0. The van der Waals surface area contributed by atoms with Crippen LogP contribution in [0.5, 0.6) is 0 Å². The van der Waals surface area contributed by atoms with Gasteiger partial charge in [-0.2, -0.15) is 0 Å². The molecule has 0 spiro atoms. The minimum atomic E-state index is 0. The second-order valence-corrected chi connectivity index (χ2v) is 3.23. The third kappa shape index (κ3) is 3.33. The Balaban J connectivity index is 0.000001000. The Morgan fingerprint density at radius 3 is 1.27 bits per heavy atom. The van der Waals surface area contributed by atoms with Crippen LogP contribution < -0.4 is 0 Å². The summed E-state index contributed by atoms with van der Waals surface area (Å²) in [5.74, 6) is 0. The molecule has 5 heteroatoms. The monoisotopic (exact) mass is 254 g/mol. The summed E-state index contributed by atoms with van der Waals surface area (Å²) in [7, 11) is 0. The van der Waals surface area contributed by atoms with Gasteiger partial charge >= 0.3 is 51.4 Å². The summed E-state index contributed by atoms with van der Waals surface area (Å²) in [4.78, 5) is 0. The van der Waals surface area contributed by atoms with Gasteiger partial charge in [-0.15, -0.1) is 0 Å². The summed E-state index contributed by atoms with van der Waals surface area (Å²) in [5.41, 5.74) is 0. The summed E-state index contributed by atoms with van der Waals surface area (Å²) in [6.07, 6.45) is 0. The molecular formula is C6H3Cl4K. The van der Waals surface area contributed by atoms with Gasteiger partial charge in [0.05, 0.1) is 20.1 Å². The molecule has 0 radical (unpaired) electrons. The number of benzene rings is 1. The van der Waals surface area contributed by atoms with Crippen LogP contribution in [0.4, 0.5) is 0 Å². The Morgan fingerprint density at radius 1 is 0.727 bits per heavy atom. The van der Waals surface area contributed by atoms with E-state index < -0.39 is 0 Å². The van der Waals surface area contributed by atoms with Crippen molar-refractivity contribution in [2.75, 3.05) is 0 Å². The van der Waals surface area contributed by atoms with E-state index in [-0.39, 0.29) is 51.4 Å². The molecule has 0 bridgehead atoms. The minimum absolute atomic E-state index is 0. The van der Waals surface area contributed by atoms with Crippen molar-refractivity contribution in [3.63, 3.8) is 0 Å². The van der Waals surface area contributed by atoms with Gasteiger partial charge in [0.2, 0.25) is 0 Å². The van der Waals surface area contributed by atoms with E-state index >= 15 is 0 Å². The van der Waals surface area contributed by atoms with E-state index in [9.17, 15) is 0 Å². The molecular weight excluding hydrogens is 253 g/mol. The second kappa shape index (κ2) is 5.68. The first-order chi connectivity index (χ1) is 4.63. The standard InChI is InChI=1S/C6H2Cl4.K.H/c7-3-1-2-4(8)6(10)5(3)9;;/h1-2H;;. The molecule has 0 aliphatic rings. The summed E-state index contributed by atoms with van der Waals surface area (Å²) in [6, 6.07) is 3.19. The maximum atomic E-state index is 5.63. The molecule has 11 heavy (non-hydrogen) atoms. The molecule has 0 N–H and O–H groups in total. The Kier molecular flexibility index (Phi) is 6.73. The molecule has 0 nitrogen and oxygen atoms in total. The molecule has 1 aromatic rings.